The number of aromatic nitrogens is 1. The Morgan fingerprint density at radius 3 is 2.29 bits per heavy atom. The minimum absolute atomic E-state index is 0.551. The van der Waals surface area contributed by atoms with E-state index in [1.54, 1.807) is 0 Å². The lowest BCUT2D eigenvalue weighted by Crippen LogP contribution is -2.53. The van der Waals surface area contributed by atoms with Crippen LogP contribution < -0.4 is 5.19 Å². The van der Waals surface area contributed by atoms with Crippen LogP contribution in [0.15, 0.2) is 36.4 Å². The maximum absolute atomic E-state index is 6.65. The van der Waals surface area contributed by atoms with Crippen LogP contribution in [0, 0.1) is 0 Å². The second-order valence-corrected chi connectivity index (χ2v) is 12.6. The molecule has 0 amide bonds. The van der Waals surface area contributed by atoms with E-state index in [1.165, 1.54) is 40.5 Å². The Hall–Kier alpha value is -1.45. The van der Waals surface area contributed by atoms with E-state index < -0.39 is 8.32 Å². The summed E-state index contributed by atoms with van der Waals surface area (Å²) < 4.78 is 6.65. The van der Waals surface area contributed by atoms with Gasteiger partial charge in [-0.15, -0.1) is 0 Å². The molecule has 1 aromatic heterocycles. The van der Waals surface area contributed by atoms with Crippen molar-refractivity contribution in [2.75, 3.05) is 0 Å². The van der Waals surface area contributed by atoms with Gasteiger partial charge in [-0.25, -0.2) is 0 Å². The van der Waals surface area contributed by atoms with Crippen molar-refractivity contribution >= 4 is 13.5 Å². The Labute approximate surface area is 146 Å². The molecule has 2 heterocycles. The summed E-state index contributed by atoms with van der Waals surface area (Å²) in [5.41, 5.74) is 6.26. The minimum atomic E-state index is -2.03. The molecule has 0 atom stereocenters. The first-order valence-corrected chi connectivity index (χ1v) is 11.3. The van der Waals surface area contributed by atoms with Crippen molar-refractivity contribution in [1.82, 2.24) is 4.98 Å². The number of rotatable bonds is 4. The lowest BCUT2D eigenvalue weighted by Gasteiger charge is -2.35. The number of nitrogens with zero attached hydrogens (tertiary/aromatic N) is 1. The molecular weight excluding hydrogens is 310 g/mol. The molecule has 24 heavy (non-hydrogen) atoms. The highest BCUT2D eigenvalue weighted by atomic mass is 28.4. The fraction of sp³-hybridized carbons (Fsp3) is 0.476. The monoisotopic (exact) mass is 337 g/mol. The van der Waals surface area contributed by atoms with Gasteiger partial charge in [-0.05, 0) is 40.7 Å². The van der Waals surface area contributed by atoms with Crippen molar-refractivity contribution in [2.45, 2.75) is 64.1 Å². The average molecular weight is 338 g/mol. The van der Waals surface area contributed by atoms with Crippen molar-refractivity contribution in [1.29, 1.82) is 0 Å². The molecule has 1 aromatic carbocycles. The van der Waals surface area contributed by atoms with Gasteiger partial charge in [0.25, 0.3) is 0 Å². The maximum Gasteiger partial charge on any atom is 0.232 e. The Bertz CT molecular complexity index is 742. The smallest absolute Gasteiger partial charge is 0.232 e. The van der Waals surface area contributed by atoms with Crippen LogP contribution in [-0.2, 0) is 11.0 Å². The van der Waals surface area contributed by atoms with Gasteiger partial charge < -0.3 is 4.43 Å². The van der Waals surface area contributed by atoms with E-state index in [0.717, 1.165) is 6.61 Å². The van der Waals surface area contributed by atoms with Crippen molar-refractivity contribution in [3.05, 3.63) is 47.7 Å². The Morgan fingerprint density at radius 1 is 1.04 bits per heavy atom. The van der Waals surface area contributed by atoms with E-state index in [9.17, 15) is 0 Å². The van der Waals surface area contributed by atoms with Crippen LogP contribution >= 0.6 is 0 Å². The Kier molecular flexibility index (Phi) is 3.89. The van der Waals surface area contributed by atoms with Gasteiger partial charge in [0, 0.05) is 17.2 Å². The summed E-state index contributed by atoms with van der Waals surface area (Å²) in [5.74, 6) is 0.674. The summed E-state index contributed by atoms with van der Waals surface area (Å²) in [7, 11) is -2.03. The van der Waals surface area contributed by atoms with Gasteiger partial charge in [0.1, 0.15) is 0 Å². The van der Waals surface area contributed by atoms with Gasteiger partial charge in [0.05, 0.1) is 12.3 Å². The SMILES string of the molecule is CC(C)[Si]1(C(C)C)OCc2cc(C3CC3)nc(-c3ccccc3)c21. The number of benzene rings is 1. The fourth-order valence-electron chi connectivity index (χ4n) is 4.41. The van der Waals surface area contributed by atoms with Crippen LogP contribution in [-0.4, -0.2) is 13.3 Å². The van der Waals surface area contributed by atoms with Crippen LogP contribution in [0.2, 0.25) is 11.1 Å². The summed E-state index contributed by atoms with van der Waals surface area (Å²) in [6.07, 6.45) is 2.58. The molecule has 1 aliphatic carbocycles. The van der Waals surface area contributed by atoms with Gasteiger partial charge in [-0.1, -0.05) is 58.0 Å². The zero-order valence-corrected chi connectivity index (χ0v) is 16.2. The van der Waals surface area contributed by atoms with Gasteiger partial charge in [-0.3, -0.25) is 4.98 Å². The second-order valence-electron chi connectivity index (χ2n) is 7.96. The van der Waals surface area contributed by atoms with Crippen LogP contribution in [0.4, 0.5) is 0 Å². The van der Waals surface area contributed by atoms with E-state index in [-0.39, 0.29) is 0 Å². The number of fused-ring (bicyclic) bond motifs is 1. The van der Waals surface area contributed by atoms with Gasteiger partial charge >= 0.3 is 0 Å². The lowest BCUT2D eigenvalue weighted by atomic mass is 10.1. The number of hydrogen-bond acceptors (Lipinski definition) is 2. The van der Waals surface area contributed by atoms with Crippen molar-refractivity contribution in [3.8, 4) is 11.3 Å². The third kappa shape index (κ3) is 2.37. The van der Waals surface area contributed by atoms with Gasteiger partial charge in [-0.2, -0.15) is 0 Å². The first-order chi connectivity index (χ1) is 11.5. The number of pyridine rings is 1. The first-order valence-electron chi connectivity index (χ1n) is 9.27. The fourth-order valence-corrected chi connectivity index (χ4v) is 9.32. The summed E-state index contributed by atoms with van der Waals surface area (Å²) >= 11 is 0. The largest absolute Gasteiger partial charge is 0.407 e. The summed E-state index contributed by atoms with van der Waals surface area (Å²) in [6, 6.07) is 13.1. The molecule has 0 bridgehead atoms. The third-order valence-electron chi connectivity index (χ3n) is 5.74. The lowest BCUT2D eigenvalue weighted by molar-refractivity contribution is 0.299. The van der Waals surface area contributed by atoms with Crippen molar-refractivity contribution in [2.24, 2.45) is 0 Å². The predicted octanol–water partition coefficient (Wildman–Crippen LogP) is 5.13. The molecule has 2 nitrogen and oxygen atoms in total. The molecular formula is C21H27NOSi. The van der Waals surface area contributed by atoms with Crippen LogP contribution in [0.1, 0.15) is 57.7 Å². The molecule has 1 saturated carbocycles. The molecule has 0 radical (unpaired) electrons. The molecule has 1 aliphatic heterocycles. The van der Waals surface area contributed by atoms with Crippen molar-refractivity contribution in [3.63, 3.8) is 0 Å². The van der Waals surface area contributed by atoms with Gasteiger partial charge in [0.15, 0.2) is 0 Å². The number of hydrogen-bond donors (Lipinski definition) is 0. The second kappa shape index (κ2) is 5.82. The quantitative estimate of drug-likeness (QED) is 0.722. The van der Waals surface area contributed by atoms with E-state index in [1.807, 2.05) is 0 Å². The van der Waals surface area contributed by atoms with E-state index >= 15 is 0 Å². The Balaban J connectivity index is 1.98. The maximum atomic E-state index is 6.65. The highest BCUT2D eigenvalue weighted by Crippen LogP contribution is 2.44. The molecule has 2 aromatic rings. The Morgan fingerprint density at radius 2 is 1.71 bits per heavy atom. The van der Waals surface area contributed by atoms with Crippen LogP contribution in [0.5, 0.6) is 0 Å². The summed E-state index contributed by atoms with van der Waals surface area (Å²) in [6.45, 7) is 10.1. The molecule has 1 fully saturated rings. The van der Waals surface area contributed by atoms with Crippen LogP contribution in [0.25, 0.3) is 11.3 Å². The molecule has 4 rings (SSSR count). The standard InChI is InChI=1S/C21H27NOSi/c1-14(2)24(15(3)4)21-18(13-23-24)12-19(16-10-11-16)22-20(21)17-8-6-5-7-9-17/h5-9,12,14-16H,10-11,13H2,1-4H3. The highest BCUT2D eigenvalue weighted by Gasteiger charge is 2.51. The minimum Gasteiger partial charge on any atom is -0.407 e. The zero-order chi connectivity index (χ0) is 16.9. The molecule has 126 valence electrons. The highest BCUT2D eigenvalue weighted by molar-refractivity contribution is 6.90. The topological polar surface area (TPSA) is 22.1 Å². The van der Waals surface area contributed by atoms with E-state index in [4.69, 9.17) is 9.41 Å². The molecule has 0 N–H and O–H groups in total. The molecule has 2 aliphatic rings. The third-order valence-corrected chi connectivity index (χ3v) is 11.1. The van der Waals surface area contributed by atoms with Gasteiger partial charge in [0.2, 0.25) is 8.32 Å². The van der Waals surface area contributed by atoms with Crippen LogP contribution in [0.3, 0.4) is 0 Å². The first kappa shape index (κ1) is 16.0. The predicted molar refractivity (Wildman–Crippen MR) is 102 cm³/mol. The van der Waals surface area contributed by atoms with E-state index in [2.05, 4.69) is 64.1 Å². The zero-order valence-electron chi connectivity index (χ0n) is 15.2. The summed E-state index contributed by atoms with van der Waals surface area (Å²) in [5, 5.41) is 1.48. The molecule has 3 heteroatoms. The van der Waals surface area contributed by atoms with Crippen molar-refractivity contribution < 1.29 is 4.43 Å². The molecule has 0 spiro atoms. The molecule has 0 saturated heterocycles. The summed E-state index contributed by atoms with van der Waals surface area (Å²) in [4.78, 5) is 5.19. The normalized spacial score (nSPS) is 19.1. The van der Waals surface area contributed by atoms with E-state index in [0.29, 0.717) is 17.0 Å². The average Bonchev–Trinajstić information content (AvgIpc) is 3.34. The molecule has 0 unspecified atom stereocenters.